The van der Waals surface area contributed by atoms with Crippen molar-refractivity contribution in [3.8, 4) is 0 Å². The van der Waals surface area contributed by atoms with Gasteiger partial charge in [0.1, 0.15) is 0 Å². The number of rotatable bonds is 3. The van der Waals surface area contributed by atoms with E-state index in [1.807, 2.05) is 0 Å². The predicted octanol–water partition coefficient (Wildman–Crippen LogP) is 3.09. The molecule has 1 aromatic rings. The molecule has 1 N–H and O–H groups in total. The molecule has 3 heteroatoms. The van der Waals surface area contributed by atoms with Gasteiger partial charge in [-0.1, -0.05) is 26.0 Å². The third-order valence-electron chi connectivity index (χ3n) is 3.31. The minimum atomic E-state index is 0.206. The van der Waals surface area contributed by atoms with E-state index in [1.54, 1.807) is 0 Å². The van der Waals surface area contributed by atoms with E-state index in [4.69, 9.17) is 0 Å². The van der Waals surface area contributed by atoms with Crippen molar-refractivity contribution in [2.75, 3.05) is 6.61 Å². The van der Waals surface area contributed by atoms with E-state index in [1.165, 1.54) is 14.7 Å². The van der Waals surface area contributed by atoms with E-state index in [9.17, 15) is 5.11 Å². The van der Waals surface area contributed by atoms with E-state index in [2.05, 4.69) is 71.8 Å². The van der Waals surface area contributed by atoms with Crippen LogP contribution in [0.1, 0.15) is 25.0 Å². The van der Waals surface area contributed by atoms with E-state index in [-0.39, 0.29) is 12.6 Å². The first-order chi connectivity index (χ1) is 8.13. The van der Waals surface area contributed by atoms with Crippen molar-refractivity contribution in [2.45, 2.75) is 26.4 Å². The highest BCUT2D eigenvalue weighted by atomic mass is 127. The number of aliphatic hydroxyl groups is 1. The van der Waals surface area contributed by atoms with Gasteiger partial charge in [-0.25, -0.2) is 0 Å². The molecule has 0 aliphatic carbocycles. The summed E-state index contributed by atoms with van der Waals surface area (Å²) in [5.41, 5.74) is 2.67. The molecule has 1 aliphatic heterocycles. The van der Waals surface area contributed by atoms with Gasteiger partial charge in [-0.15, -0.1) is 0 Å². The molecule has 92 valence electrons. The summed E-state index contributed by atoms with van der Waals surface area (Å²) in [6.45, 7) is 5.41. The molecule has 1 heterocycles. The predicted molar refractivity (Wildman–Crippen MR) is 79.4 cm³/mol. The van der Waals surface area contributed by atoms with Crippen LogP contribution in [0.5, 0.6) is 0 Å². The quantitative estimate of drug-likeness (QED) is 0.853. The van der Waals surface area contributed by atoms with Gasteiger partial charge >= 0.3 is 0 Å². The summed E-state index contributed by atoms with van der Waals surface area (Å²) in [5, 5.41) is 9.47. The van der Waals surface area contributed by atoms with Gasteiger partial charge in [-0.05, 0) is 51.8 Å². The number of hydrogen-bond donors (Lipinski definition) is 1. The number of benzene rings is 1. The second kappa shape index (κ2) is 5.40. The third kappa shape index (κ3) is 2.65. The number of halogens is 1. The molecule has 0 bridgehead atoms. The van der Waals surface area contributed by atoms with E-state index < -0.39 is 0 Å². The lowest BCUT2D eigenvalue weighted by molar-refractivity contribution is 0.124. The molecule has 0 saturated carbocycles. The molecule has 0 spiro atoms. The van der Waals surface area contributed by atoms with Crippen LogP contribution in [0.3, 0.4) is 0 Å². The van der Waals surface area contributed by atoms with Gasteiger partial charge in [0.05, 0.1) is 12.6 Å². The van der Waals surface area contributed by atoms with Gasteiger partial charge in [-0.3, -0.25) is 0 Å². The maximum atomic E-state index is 9.47. The summed E-state index contributed by atoms with van der Waals surface area (Å²) < 4.78 is 1.29. The normalized spacial score (nSPS) is 16.2. The molecule has 0 radical (unpaired) electrons. The van der Waals surface area contributed by atoms with Crippen molar-refractivity contribution in [1.82, 2.24) is 4.90 Å². The van der Waals surface area contributed by atoms with Crippen molar-refractivity contribution in [1.29, 1.82) is 0 Å². The monoisotopic (exact) mass is 343 g/mol. The maximum Gasteiger partial charge on any atom is 0.0637 e. The lowest BCUT2D eigenvalue weighted by atomic mass is 9.99. The minimum Gasteiger partial charge on any atom is -0.394 e. The fourth-order valence-corrected chi connectivity index (χ4v) is 2.99. The molecule has 0 amide bonds. The highest BCUT2D eigenvalue weighted by molar-refractivity contribution is 14.1. The summed E-state index contributed by atoms with van der Waals surface area (Å²) in [6.07, 6.45) is 4.27. The Balaban J connectivity index is 2.25. The number of hydrogen-bond acceptors (Lipinski definition) is 2. The SMILES string of the molecule is CC(C)C(CO)N1C=Cc2c(I)cccc2C1. The Morgan fingerprint density at radius 3 is 2.82 bits per heavy atom. The zero-order chi connectivity index (χ0) is 12.4. The van der Waals surface area contributed by atoms with Crippen molar-refractivity contribution < 1.29 is 5.11 Å². The van der Waals surface area contributed by atoms with Crippen molar-refractivity contribution in [3.05, 3.63) is 39.1 Å². The first kappa shape index (κ1) is 12.9. The van der Waals surface area contributed by atoms with Crippen molar-refractivity contribution in [3.63, 3.8) is 0 Å². The smallest absolute Gasteiger partial charge is 0.0637 e. The van der Waals surface area contributed by atoms with Gasteiger partial charge in [-0.2, -0.15) is 0 Å². The van der Waals surface area contributed by atoms with Crippen LogP contribution in [0.25, 0.3) is 6.08 Å². The summed E-state index contributed by atoms with van der Waals surface area (Å²) in [5.74, 6) is 0.453. The zero-order valence-corrected chi connectivity index (χ0v) is 12.4. The zero-order valence-electron chi connectivity index (χ0n) is 10.2. The lowest BCUT2D eigenvalue weighted by Gasteiger charge is -2.35. The largest absolute Gasteiger partial charge is 0.394 e. The van der Waals surface area contributed by atoms with Crippen LogP contribution in [-0.2, 0) is 6.54 Å². The van der Waals surface area contributed by atoms with Crippen LogP contribution in [0, 0.1) is 9.49 Å². The number of aliphatic hydroxyl groups excluding tert-OH is 1. The Hall–Kier alpha value is -0.550. The molecule has 0 fully saturated rings. The van der Waals surface area contributed by atoms with Gasteiger partial charge in [0, 0.05) is 16.3 Å². The van der Waals surface area contributed by atoms with Gasteiger partial charge in [0.2, 0.25) is 0 Å². The van der Waals surface area contributed by atoms with Gasteiger partial charge in [0.15, 0.2) is 0 Å². The molecule has 1 atom stereocenters. The molecule has 2 nitrogen and oxygen atoms in total. The molecule has 0 aromatic heterocycles. The Morgan fingerprint density at radius 2 is 2.18 bits per heavy atom. The topological polar surface area (TPSA) is 23.5 Å². The second-order valence-electron chi connectivity index (χ2n) is 4.79. The van der Waals surface area contributed by atoms with Crippen molar-refractivity contribution >= 4 is 28.7 Å². The molecular formula is C14H18INO. The average molecular weight is 343 g/mol. The summed E-state index contributed by atoms with van der Waals surface area (Å²) in [6, 6.07) is 6.60. The fraction of sp³-hybridized carbons (Fsp3) is 0.429. The number of nitrogens with zero attached hydrogens (tertiary/aromatic N) is 1. The molecule has 1 unspecified atom stereocenters. The Morgan fingerprint density at radius 1 is 1.41 bits per heavy atom. The molecule has 2 rings (SSSR count). The first-order valence-corrected chi connectivity index (χ1v) is 7.03. The van der Waals surface area contributed by atoms with Crippen LogP contribution >= 0.6 is 22.6 Å². The van der Waals surface area contributed by atoms with Crippen LogP contribution in [0.4, 0.5) is 0 Å². The molecule has 17 heavy (non-hydrogen) atoms. The summed E-state index contributed by atoms with van der Waals surface area (Å²) in [7, 11) is 0. The molecule has 1 aliphatic rings. The lowest BCUT2D eigenvalue weighted by Crippen LogP contribution is -2.38. The number of fused-ring (bicyclic) bond motifs is 1. The summed E-state index contributed by atoms with van der Waals surface area (Å²) in [4.78, 5) is 2.24. The average Bonchev–Trinajstić information content (AvgIpc) is 2.29. The minimum absolute atomic E-state index is 0.206. The van der Waals surface area contributed by atoms with E-state index in [0.717, 1.165) is 6.54 Å². The van der Waals surface area contributed by atoms with E-state index >= 15 is 0 Å². The maximum absolute atomic E-state index is 9.47. The fourth-order valence-electron chi connectivity index (χ4n) is 2.25. The van der Waals surface area contributed by atoms with E-state index in [0.29, 0.717) is 5.92 Å². The van der Waals surface area contributed by atoms with Crippen molar-refractivity contribution in [2.24, 2.45) is 5.92 Å². The van der Waals surface area contributed by atoms with Gasteiger partial charge in [0.25, 0.3) is 0 Å². The Labute approximate surface area is 116 Å². The van der Waals surface area contributed by atoms with Crippen LogP contribution < -0.4 is 0 Å². The summed E-state index contributed by atoms with van der Waals surface area (Å²) >= 11 is 2.37. The van der Waals surface area contributed by atoms with Crippen LogP contribution in [0.15, 0.2) is 24.4 Å². The van der Waals surface area contributed by atoms with Crippen LogP contribution in [0.2, 0.25) is 0 Å². The third-order valence-corrected chi connectivity index (χ3v) is 4.25. The molecule has 0 saturated heterocycles. The molecular weight excluding hydrogens is 325 g/mol. The Bertz CT molecular complexity index is 428. The standard InChI is InChI=1S/C14H18INO/c1-10(2)14(9-17)16-7-6-12-11(8-16)4-3-5-13(12)15/h3-7,10,14,17H,8-9H2,1-2H3. The molecule has 1 aromatic carbocycles. The first-order valence-electron chi connectivity index (χ1n) is 5.95. The Kier molecular flexibility index (Phi) is 4.09. The van der Waals surface area contributed by atoms with Crippen LogP contribution in [-0.4, -0.2) is 22.7 Å². The van der Waals surface area contributed by atoms with Gasteiger partial charge < -0.3 is 10.0 Å². The second-order valence-corrected chi connectivity index (χ2v) is 5.96. The highest BCUT2D eigenvalue weighted by Gasteiger charge is 2.21. The highest BCUT2D eigenvalue weighted by Crippen LogP contribution is 2.26.